The third-order valence-electron chi connectivity index (χ3n) is 2.60. The maximum Gasteiger partial charge on any atom is 0.273 e. The second-order valence-electron chi connectivity index (χ2n) is 4.08. The van der Waals surface area contributed by atoms with E-state index in [1.165, 1.54) is 24.3 Å². The number of rotatable bonds is 2. The number of carbonyl (C=O) groups is 2. The number of carbonyl (C=O) groups excluding carboxylic acids is 2. The summed E-state index contributed by atoms with van der Waals surface area (Å²) in [5, 5.41) is 9.58. The molecular formula is C14H10BrFN2O3. The number of hydrogen-bond donors (Lipinski definition) is 3. The Hall–Kier alpha value is -2.41. The lowest BCUT2D eigenvalue weighted by Crippen LogP contribution is -2.41. The number of hydrazine groups is 1. The average molecular weight is 353 g/mol. The first-order chi connectivity index (χ1) is 9.97. The molecule has 0 fully saturated rings. The Bertz CT molecular complexity index is 689. The predicted molar refractivity (Wildman–Crippen MR) is 77.1 cm³/mol. The van der Waals surface area contributed by atoms with Crippen LogP contribution in [0.2, 0.25) is 0 Å². The number of aromatic hydroxyl groups is 1. The Kier molecular flexibility index (Phi) is 4.54. The lowest BCUT2D eigenvalue weighted by Gasteiger charge is -2.09. The third-order valence-corrected chi connectivity index (χ3v) is 3.09. The van der Waals surface area contributed by atoms with Crippen molar-refractivity contribution in [1.29, 1.82) is 0 Å². The van der Waals surface area contributed by atoms with Crippen LogP contribution in [0.25, 0.3) is 0 Å². The minimum absolute atomic E-state index is 0.00350. The van der Waals surface area contributed by atoms with Crippen molar-refractivity contribution in [1.82, 2.24) is 10.9 Å². The lowest BCUT2D eigenvalue weighted by atomic mass is 10.2. The van der Waals surface area contributed by atoms with Gasteiger partial charge in [0.1, 0.15) is 11.6 Å². The molecule has 0 aliphatic rings. The van der Waals surface area contributed by atoms with E-state index in [1.54, 1.807) is 6.07 Å². The first kappa shape index (κ1) is 15.0. The van der Waals surface area contributed by atoms with E-state index < -0.39 is 17.6 Å². The van der Waals surface area contributed by atoms with Crippen LogP contribution in [0.5, 0.6) is 5.75 Å². The van der Waals surface area contributed by atoms with Crippen LogP contribution >= 0.6 is 15.9 Å². The van der Waals surface area contributed by atoms with Gasteiger partial charge in [0.25, 0.3) is 11.8 Å². The fourth-order valence-corrected chi connectivity index (χ4v) is 1.91. The standard InChI is InChI=1S/C14H10BrFN2O3/c15-9-3-6-12(19)11(7-9)14(21)18-17-13(20)8-1-4-10(16)5-2-8/h1-7,19H,(H,17,20)(H,18,21). The summed E-state index contributed by atoms with van der Waals surface area (Å²) in [5.74, 6) is -1.96. The summed E-state index contributed by atoms with van der Waals surface area (Å²) in [7, 11) is 0. The van der Waals surface area contributed by atoms with Crippen molar-refractivity contribution in [2.45, 2.75) is 0 Å². The predicted octanol–water partition coefficient (Wildman–Crippen LogP) is 2.37. The topological polar surface area (TPSA) is 78.4 Å². The second kappa shape index (κ2) is 6.36. The molecule has 2 rings (SSSR count). The number of phenolic OH excluding ortho intramolecular Hbond substituents is 1. The molecule has 0 aromatic heterocycles. The monoisotopic (exact) mass is 352 g/mol. The molecular weight excluding hydrogens is 343 g/mol. The molecule has 0 unspecified atom stereocenters. The molecule has 108 valence electrons. The van der Waals surface area contributed by atoms with Gasteiger partial charge in [-0.05, 0) is 42.5 Å². The van der Waals surface area contributed by atoms with Gasteiger partial charge < -0.3 is 5.11 Å². The zero-order valence-corrected chi connectivity index (χ0v) is 12.1. The maximum absolute atomic E-state index is 12.7. The molecule has 7 heteroatoms. The van der Waals surface area contributed by atoms with Crippen LogP contribution in [0.4, 0.5) is 4.39 Å². The van der Waals surface area contributed by atoms with E-state index in [0.717, 1.165) is 12.1 Å². The van der Waals surface area contributed by atoms with Crippen LogP contribution in [0.15, 0.2) is 46.9 Å². The van der Waals surface area contributed by atoms with Gasteiger partial charge in [-0.1, -0.05) is 15.9 Å². The van der Waals surface area contributed by atoms with Crippen LogP contribution < -0.4 is 10.9 Å². The molecule has 0 aliphatic carbocycles. The van der Waals surface area contributed by atoms with Crippen LogP contribution in [-0.4, -0.2) is 16.9 Å². The molecule has 0 saturated heterocycles. The average Bonchev–Trinajstić information content (AvgIpc) is 2.47. The Morgan fingerprint density at radius 2 is 1.62 bits per heavy atom. The lowest BCUT2D eigenvalue weighted by molar-refractivity contribution is 0.0845. The quantitative estimate of drug-likeness (QED) is 0.726. The van der Waals surface area contributed by atoms with Crippen molar-refractivity contribution in [3.05, 3.63) is 63.9 Å². The Labute approximate surface area is 127 Å². The van der Waals surface area contributed by atoms with E-state index in [0.29, 0.717) is 4.47 Å². The van der Waals surface area contributed by atoms with Gasteiger partial charge in [-0.15, -0.1) is 0 Å². The first-order valence-electron chi connectivity index (χ1n) is 5.82. The smallest absolute Gasteiger partial charge is 0.273 e. The van der Waals surface area contributed by atoms with Crippen molar-refractivity contribution in [3.8, 4) is 5.75 Å². The SMILES string of the molecule is O=C(NNC(=O)c1cc(Br)ccc1O)c1ccc(F)cc1. The van der Waals surface area contributed by atoms with E-state index in [1.807, 2.05) is 0 Å². The molecule has 0 atom stereocenters. The number of halogens is 2. The number of phenols is 1. The van der Waals surface area contributed by atoms with E-state index >= 15 is 0 Å². The molecule has 0 radical (unpaired) electrons. The molecule has 2 aromatic rings. The normalized spacial score (nSPS) is 10.0. The first-order valence-corrected chi connectivity index (χ1v) is 6.61. The molecule has 0 spiro atoms. The van der Waals surface area contributed by atoms with Crippen LogP contribution in [0, 0.1) is 5.82 Å². The summed E-state index contributed by atoms with van der Waals surface area (Å²) < 4.78 is 13.3. The number of amides is 2. The zero-order chi connectivity index (χ0) is 15.4. The Morgan fingerprint density at radius 1 is 1.00 bits per heavy atom. The maximum atomic E-state index is 12.7. The van der Waals surface area contributed by atoms with Crippen molar-refractivity contribution in [2.24, 2.45) is 0 Å². The Morgan fingerprint density at radius 3 is 2.29 bits per heavy atom. The van der Waals surface area contributed by atoms with E-state index in [-0.39, 0.29) is 16.9 Å². The molecule has 0 bridgehead atoms. The third kappa shape index (κ3) is 3.79. The van der Waals surface area contributed by atoms with Crippen molar-refractivity contribution in [3.63, 3.8) is 0 Å². The second-order valence-corrected chi connectivity index (χ2v) is 4.99. The van der Waals surface area contributed by atoms with Gasteiger partial charge in [0, 0.05) is 10.0 Å². The van der Waals surface area contributed by atoms with E-state index in [2.05, 4.69) is 26.8 Å². The minimum atomic E-state index is -0.677. The molecule has 21 heavy (non-hydrogen) atoms. The highest BCUT2D eigenvalue weighted by Gasteiger charge is 2.13. The number of hydrogen-bond acceptors (Lipinski definition) is 3. The van der Waals surface area contributed by atoms with Gasteiger partial charge in [0.05, 0.1) is 5.56 Å². The van der Waals surface area contributed by atoms with Gasteiger partial charge in [-0.3, -0.25) is 20.4 Å². The van der Waals surface area contributed by atoms with Gasteiger partial charge in [-0.25, -0.2) is 4.39 Å². The van der Waals surface area contributed by atoms with Crippen molar-refractivity contribution in [2.75, 3.05) is 0 Å². The molecule has 2 aromatic carbocycles. The van der Waals surface area contributed by atoms with Gasteiger partial charge in [0.15, 0.2) is 0 Å². The summed E-state index contributed by atoms with van der Waals surface area (Å²) in [6, 6.07) is 9.17. The largest absolute Gasteiger partial charge is 0.507 e. The molecule has 0 heterocycles. The molecule has 5 nitrogen and oxygen atoms in total. The highest BCUT2D eigenvalue weighted by atomic mass is 79.9. The summed E-state index contributed by atoms with van der Waals surface area (Å²) >= 11 is 3.17. The van der Waals surface area contributed by atoms with E-state index in [9.17, 15) is 19.1 Å². The fourth-order valence-electron chi connectivity index (χ4n) is 1.54. The van der Waals surface area contributed by atoms with Gasteiger partial charge >= 0.3 is 0 Å². The van der Waals surface area contributed by atoms with Gasteiger partial charge in [-0.2, -0.15) is 0 Å². The van der Waals surface area contributed by atoms with Gasteiger partial charge in [0.2, 0.25) is 0 Å². The van der Waals surface area contributed by atoms with Crippen LogP contribution in [0.1, 0.15) is 20.7 Å². The number of benzene rings is 2. The summed E-state index contributed by atoms with van der Waals surface area (Å²) in [4.78, 5) is 23.6. The number of nitrogens with one attached hydrogen (secondary N) is 2. The zero-order valence-electron chi connectivity index (χ0n) is 10.6. The minimum Gasteiger partial charge on any atom is -0.507 e. The molecule has 0 saturated carbocycles. The fraction of sp³-hybridized carbons (Fsp3) is 0. The highest BCUT2D eigenvalue weighted by Crippen LogP contribution is 2.21. The Balaban J connectivity index is 2.02. The van der Waals surface area contributed by atoms with Crippen molar-refractivity contribution < 1.29 is 19.1 Å². The summed E-state index contributed by atoms with van der Waals surface area (Å²) in [6.07, 6.45) is 0. The summed E-state index contributed by atoms with van der Waals surface area (Å²) in [6.45, 7) is 0. The highest BCUT2D eigenvalue weighted by molar-refractivity contribution is 9.10. The summed E-state index contributed by atoms with van der Waals surface area (Å²) in [5.41, 5.74) is 4.54. The van der Waals surface area contributed by atoms with Crippen LogP contribution in [-0.2, 0) is 0 Å². The van der Waals surface area contributed by atoms with E-state index in [4.69, 9.17) is 0 Å². The van der Waals surface area contributed by atoms with Crippen LogP contribution in [0.3, 0.4) is 0 Å². The van der Waals surface area contributed by atoms with Crippen molar-refractivity contribution >= 4 is 27.7 Å². The molecule has 0 aliphatic heterocycles. The molecule has 2 amide bonds. The molecule has 3 N–H and O–H groups in total.